The number of furan rings is 1. The molecule has 0 aliphatic heterocycles. The van der Waals surface area contributed by atoms with Crippen molar-refractivity contribution in [3.05, 3.63) is 187 Å². The van der Waals surface area contributed by atoms with Gasteiger partial charge in [-0.3, -0.25) is 0 Å². The summed E-state index contributed by atoms with van der Waals surface area (Å²) in [5.74, 6) is 0. The van der Waals surface area contributed by atoms with Gasteiger partial charge in [-0.1, -0.05) is 135 Å². The maximum Gasteiger partial charge on any atom is 0.136 e. The fraction of sp³-hybridized carbons (Fsp3) is 0.0612. The zero-order valence-electron chi connectivity index (χ0n) is 28.6. The fourth-order valence-corrected chi connectivity index (χ4v) is 8.26. The summed E-state index contributed by atoms with van der Waals surface area (Å²) < 4.78 is 6.23. The molecule has 0 amide bonds. The SMILES string of the molecule is CC1(C)c2ccccc2-c2cc(N(c3ccc(-c4ccc5cc6c(cc5c4)oc4ccccc46)cc3)c3ccccc3-c3ccccc3)ccc21. The number of fused-ring (bicyclic) bond motifs is 7. The normalized spacial score (nSPS) is 13.1. The van der Waals surface area contributed by atoms with Crippen molar-refractivity contribution in [2.75, 3.05) is 4.90 Å². The second-order valence-corrected chi connectivity index (χ2v) is 14.2. The Bertz CT molecular complexity index is 2770. The van der Waals surface area contributed by atoms with Crippen LogP contribution in [-0.4, -0.2) is 0 Å². The molecule has 1 aromatic heterocycles. The van der Waals surface area contributed by atoms with Crippen LogP contribution in [0.2, 0.25) is 0 Å². The Hall–Kier alpha value is -6.38. The van der Waals surface area contributed by atoms with E-state index in [0.29, 0.717) is 0 Å². The lowest BCUT2D eigenvalue weighted by Gasteiger charge is -2.29. The van der Waals surface area contributed by atoms with Crippen molar-refractivity contribution in [3.63, 3.8) is 0 Å². The summed E-state index contributed by atoms with van der Waals surface area (Å²) in [5.41, 5.74) is 15.3. The molecule has 2 nitrogen and oxygen atoms in total. The highest BCUT2D eigenvalue weighted by Gasteiger charge is 2.35. The molecule has 0 spiro atoms. The number of para-hydroxylation sites is 2. The van der Waals surface area contributed by atoms with Crippen LogP contribution in [0, 0.1) is 0 Å². The third-order valence-corrected chi connectivity index (χ3v) is 10.8. The van der Waals surface area contributed by atoms with Crippen LogP contribution >= 0.6 is 0 Å². The quantitative estimate of drug-likeness (QED) is 0.184. The first-order valence-electron chi connectivity index (χ1n) is 17.7. The number of nitrogens with zero attached hydrogens (tertiary/aromatic N) is 1. The minimum Gasteiger partial charge on any atom is -0.456 e. The van der Waals surface area contributed by atoms with E-state index in [0.717, 1.165) is 39.0 Å². The van der Waals surface area contributed by atoms with Gasteiger partial charge in [-0.15, -0.1) is 0 Å². The van der Waals surface area contributed by atoms with E-state index in [1.165, 1.54) is 55.3 Å². The molecular formula is C49H35NO. The molecule has 0 saturated heterocycles. The van der Waals surface area contributed by atoms with Gasteiger partial charge in [0.2, 0.25) is 0 Å². The highest BCUT2D eigenvalue weighted by molar-refractivity contribution is 6.10. The first kappa shape index (κ1) is 29.5. The largest absolute Gasteiger partial charge is 0.456 e. The van der Waals surface area contributed by atoms with Gasteiger partial charge in [0.05, 0.1) is 5.69 Å². The molecule has 8 aromatic carbocycles. The van der Waals surface area contributed by atoms with Crippen LogP contribution in [0.3, 0.4) is 0 Å². The fourth-order valence-electron chi connectivity index (χ4n) is 8.26. The van der Waals surface area contributed by atoms with Crippen LogP contribution in [0.15, 0.2) is 180 Å². The Morgan fingerprint density at radius 1 is 0.412 bits per heavy atom. The Labute approximate surface area is 297 Å². The van der Waals surface area contributed by atoms with E-state index in [1.54, 1.807) is 0 Å². The zero-order chi connectivity index (χ0) is 34.1. The van der Waals surface area contributed by atoms with Crippen molar-refractivity contribution in [1.82, 2.24) is 0 Å². The van der Waals surface area contributed by atoms with Gasteiger partial charge in [0.15, 0.2) is 0 Å². The van der Waals surface area contributed by atoms with Gasteiger partial charge in [0, 0.05) is 33.1 Å². The van der Waals surface area contributed by atoms with Crippen molar-refractivity contribution in [1.29, 1.82) is 0 Å². The number of anilines is 3. The molecule has 1 aliphatic rings. The third-order valence-electron chi connectivity index (χ3n) is 10.8. The zero-order valence-corrected chi connectivity index (χ0v) is 28.6. The smallest absolute Gasteiger partial charge is 0.136 e. The van der Waals surface area contributed by atoms with Gasteiger partial charge in [-0.05, 0) is 104 Å². The van der Waals surface area contributed by atoms with Crippen LogP contribution in [0.1, 0.15) is 25.0 Å². The summed E-state index contributed by atoms with van der Waals surface area (Å²) in [4.78, 5) is 2.42. The van der Waals surface area contributed by atoms with E-state index in [9.17, 15) is 0 Å². The van der Waals surface area contributed by atoms with Crippen molar-refractivity contribution in [2.45, 2.75) is 19.3 Å². The summed E-state index contributed by atoms with van der Waals surface area (Å²) in [6.07, 6.45) is 0. The van der Waals surface area contributed by atoms with Gasteiger partial charge in [-0.2, -0.15) is 0 Å². The van der Waals surface area contributed by atoms with Gasteiger partial charge in [-0.25, -0.2) is 0 Å². The second-order valence-electron chi connectivity index (χ2n) is 14.2. The molecule has 51 heavy (non-hydrogen) atoms. The maximum atomic E-state index is 6.23. The van der Waals surface area contributed by atoms with Gasteiger partial charge in [0.1, 0.15) is 11.2 Å². The molecule has 0 atom stereocenters. The third kappa shape index (κ3) is 4.71. The molecular weight excluding hydrogens is 619 g/mol. The molecule has 0 unspecified atom stereocenters. The van der Waals surface area contributed by atoms with Crippen LogP contribution in [0.4, 0.5) is 17.1 Å². The van der Waals surface area contributed by atoms with Crippen molar-refractivity contribution in [2.24, 2.45) is 0 Å². The van der Waals surface area contributed by atoms with Crippen molar-refractivity contribution >= 4 is 49.8 Å². The number of hydrogen-bond acceptors (Lipinski definition) is 2. The molecule has 1 heterocycles. The van der Waals surface area contributed by atoms with E-state index in [2.05, 4.69) is 183 Å². The lowest BCUT2D eigenvalue weighted by molar-refractivity contribution is 0.660. The van der Waals surface area contributed by atoms with Gasteiger partial charge < -0.3 is 9.32 Å². The van der Waals surface area contributed by atoms with Crippen molar-refractivity contribution in [3.8, 4) is 33.4 Å². The summed E-state index contributed by atoms with van der Waals surface area (Å²) in [6, 6.07) is 63.8. The maximum absolute atomic E-state index is 6.23. The summed E-state index contributed by atoms with van der Waals surface area (Å²) in [6.45, 7) is 4.68. The first-order chi connectivity index (χ1) is 25.0. The topological polar surface area (TPSA) is 16.4 Å². The highest BCUT2D eigenvalue weighted by atomic mass is 16.3. The average molecular weight is 654 g/mol. The van der Waals surface area contributed by atoms with Crippen LogP contribution in [0.25, 0.3) is 66.1 Å². The molecule has 2 heteroatoms. The molecule has 0 N–H and O–H groups in total. The Morgan fingerprint density at radius 2 is 1.10 bits per heavy atom. The molecule has 0 saturated carbocycles. The molecule has 1 aliphatic carbocycles. The van der Waals surface area contributed by atoms with Gasteiger partial charge in [0.25, 0.3) is 0 Å². The molecule has 0 bridgehead atoms. The summed E-state index contributed by atoms with van der Waals surface area (Å²) in [7, 11) is 0. The van der Waals surface area contributed by atoms with Crippen LogP contribution in [-0.2, 0) is 5.41 Å². The van der Waals surface area contributed by atoms with E-state index in [4.69, 9.17) is 4.42 Å². The Kier molecular flexibility index (Phi) is 6.56. The molecule has 0 radical (unpaired) electrons. The molecule has 242 valence electrons. The van der Waals surface area contributed by atoms with E-state index in [1.807, 2.05) is 12.1 Å². The first-order valence-corrected chi connectivity index (χ1v) is 17.7. The summed E-state index contributed by atoms with van der Waals surface area (Å²) in [5, 5.41) is 4.69. The van der Waals surface area contributed by atoms with Crippen LogP contribution in [0.5, 0.6) is 0 Å². The Balaban J connectivity index is 1.10. The monoisotopic (exact) mass is 653 g/mol. The molecule has 9 aromatic rings. The number of rotatable bonds is 5. The number of hydrogen-bond donors (Lipinski definition) is 0. The number of benzene rings is 8. The van der Waals surface area contributed by atoms with Gasteiger partial charge >= 0.3 is 0 Å². The Morgan fingerprint density at radius 3 is 1.96 bits per heavy atom. The lowest BCUT2D eigenvalue weighted by Crippen LogP contribution is -2.15. The minimum absolute atomic E-state index is 0.0467. The predicted octanol–water partition coefficient (Wildman–Crippen LogP) is 13.8. The second kappa shape index (κ2) is 11.3. The predicted molar refractivity (Wildman–Crippen MR) is 214 cm³/mol. The van der Waals surface area contributed by atoms with Crippen LogP contribution < -0.4 is 4.90 Å². The van der Waals surface area contributed by atoms with Crippen molar-refractivity contribution < 1.29 is 4.42 Å². The molecule has 10 rings (SSSR count). The van der Waals surface area contributed by atoms with E-state index >= 15 is 0 Å². The standard InChI is InChI=1S/C49H35NO/c1-49(2)44-17-9-6-15-40(44)42-31-38(26-27-45(42)49)50(46-18-10-7-14-39(46)33-12-4-3-5-13-33)37-24-22-32(23-25-37)34-20-21-35-29-43-41-16-8-11-19-47(41)51-48(43)30-36(35)28-34/h3-31H,1-2H3. The minimum atomic E-state index is -0.0467. The van der Waals surface area contributed by atoms with E-state index in [-0.39, 0.29) is 5.41 Å². The lowest BCUT2D eigenvalue weighted by atomic mass is 9.82. The average Bonchev–Trinajstić information content (AvgIpc) is 3.65. The molecule has 0 fully saturated rings. The highest BCUT2D eigenvalue weighted by Crippen LogP contribution is 2.51. The van der Waals surface area contributed by atoms with E-state index < -0.39 is 0 Å². The summed E-state index contributed by atoms with van der Waals surface area (Å²) >= 11 is 0.